The number of piperidine rings is 1. The fourth-order valence-corrected chi connectivity index (χ4v) is 4.99. The molecule has 10 heteroatoms. The molecule has 1 aromatic carbocycles. The van der Waals surface area contributed by atoms with Gasteiger partial charge in [-0.05, 0) is 51.2 Å². The van der Waals surface area contributed by atoms with Gasteiger partial charge in [0.25, 0.3) is 5.91 Å². The first kappa shape index (κ1) is 27.6. The molecule has 9 nitrogen and oxygen atoms in total. The van der Waals surface area contributed by atoms with Crippen molar-refractivity contribution in [3.8, 4) is 0 Å². The second-order valence-electron chi connectivity index (χ2n) is 10.1. The monoisotopic (exact) mass is 504 g/mol. The second-order valence-corrected chi connectivity index (χ2v) is 10.1. The van der Waals surface area contributed by atoms with Gasteiger partial charge in [0, 0.05) is 44.2 Å². The number of benzene rings is 1. The number of halogens is 1. The Balaban J connectivity index is 1.65. The predicted octanol–water partition coefficient (Wildman–Crippen LogP) is 2.73. The molecule has 0 unspecified atom stereocenters. The highest BCUT2D eigenvalue weighted by Gasteiger charge is 2.41. The zero-order valence-corrected chi connectivity index (χ0v) is 21.3. The zero-order valence-electron chi connectivity index (χ0n) is 21.3. The van der Waals surface area contributed by atoms with Gasteiger partial charge in [0.2, 0.25) is 5.91 Å². The number of rotatable bonds is 8. The van der Waals surface area contributed by atoms with Crippen molar-refractivity contribution in [2.24, 2.45) is 11.3 Å². The summed E-state index contributed by atoms with van der Waals surface area (Å²) < 4.78 is 20.2. The molecule has 2 heterocycles. The van der Waals surface area contributed by atoms with Gasteiger partial charge in [-0.3, -0.25) is 19.8 Å². The molecule has 198 valence electrons. The Kier molecular flexibility index (Phi) is 9.05. The Morgan fingerprint density at radius 2 is 1.81 bits per heavy atom. The number of hydrogen-bond donors (Lipinski definition) is 3. The molecule has 2 aliphatic rings. The highest BCUT2D eigenvalue weighted by atomic mass is 19.1. The fourth-order valence-electron chi connectivity index (χ4n) is 4.99. The number of morpholine rings is 1. The van der Waals surface area contributed by atoms with Crippen LogP contribution in [0.3, 0.4) is 0 Å². The number of carbonyl (C=O) groups excluding carboxylic acids is 2. The Labute approximate surface area is 211 Å². The summed E-state index contributed by atoms with van der Waals surface area (Å²) in [6, 6.07) is 3.61. The van der Waals surface area contributed by atoms with Crippen LogP contribution in [0.4, 0.5) is 4.39 Å². The standard InChI is InChI=1S/C26H37FN4O5/c1-4-21(26(2,3)25(35)31-9-7-17(8-10-31)15-22(32)33)29-24(34)19-6-5-18(16-20(19)27)23(28)30-11-13-36-14-12-30/h5-6,16-17,21,28H,4,7-15H2,1-3H3,(H,29,34)(H,32,33)/t21-/m1/s1. The molecule has 36 heavy (non-hydrogen) atoms. The van der Waals surface area contributed by atoms with E-state index in [9.17, 15) is 18.8 Å². The molecular formula is C26H37FN4O5. The summed E-state index contributed by atoms with van der Waals surface area (Å²) in [5.74, 6) is -2.01. The Bertz CT molecular complexity index is 985. The number of carbonyl (C=O) groups is 3. The van der Waals surface area contributed by atoms with E-state index in [4.69, 9.17) is 15.3 Å². The van der Waals surface area contributed by atoms with Crippen LogP contribution in [0.5, 0.6) is 0 Å². The minimum absolute atomic E-state index is 0.0620. The quantitative estimate of drug-likeness (QED) is 0.370. The van der Waals surface area contributed by atoms with Crippen LogP contribution >= 0.6 is 0 Å². The van der Waals surface area contributed by atoms with Gasteiger partial charge in [-0.15, -0.1) is 0 Å². The number of nitrogens with one attached hydrogen (secondary N) is 2. The molecular weight excluding hydrogens is 467 g/mol. The van der Waals surface area contributed by atoms with Crippen molar-refractivity contribution in [3.63, 3.8) is 0 Å². The highest BCUT2D eigenvalue weighted by molar-refractivity contribution is 5.99. The third-order valence-electron chi connectivity index (χ3n) is 7.32. The third kappa shape index (κ3) is 6.40. The average molecular weight is 505 g/mol. The molecule has 0 saturated carbocycles. The number of likely N-dealkylation sites (tertiary alicyclic amines) is 1. The van der Waals surface area contributed by atoms with Crippen LogP contribution in [0.25, 0.3) is 0 Å². The maximum Gasteiger partial charge on any atom is 0.303 e. The fraction of sp³-hybridized carbons (Fsp3) is 0.615. The zero-order chi connectivity index (χ0) is 26.5. The van der Waals surface area contributed by atoms with E-state index in [0.29, 0.717) is 64.2 Å². The number of carboxylic acid groups (broad SMARTS) is 1. The summed E-state index contributed by atoms with van der Waals surface area (Å²) in [6.45, 7) is 8.51. The van der Waals surface area contributed by atoms with Crippen molar-refractivity contribution in [1.29, 1.82) is 5.41 Å². The first-order valence-corrected chi connectivity index (χ1v) is 12.6. The number of nitrogens with zero attached hydrogens (tertiary/aromatic N) is 2. The van der Waals surface area contributed by atoms with E-state index in [1.165, 1.54) is 12.1 Å². The van der Waals surface area contributed by atoms with Crippen LogP contribution in [0.2, 0.25) is 0 Å². The van der Waals surface area contributed by atoms with Gasteiger partial charge in [-0.2, -0.15) is 0 Å². The van der Waals surface area contributed by atoms with Crippen LogP contribution in [0.1, 0.15) is 62.4 Å². The summed E-state index contributed by atoms with van der Waals surface area (Å²) in [6.07, 6.45) is 1.85. The molecule has 0 spiro atoms. The van der Waals surface area contributed by atoms with Crippen molar-refractivity contribution in [1.82, 2.24) is 15.1 Å². The highest BCUT2D eigenvalue weighted by Crippen LogP contribution is 2.30. The topological polar surface area (TPSA) is 123 Å². The number of hydrogen-bond acceptors (Lipinski definition) is 5. The van der Waals surface area contributed by atoms with Crippen molar-refractivity contribution >= 4 is 23.6 Å². The van der Waals surface area contributed by atoms with E-state index in [1.54, 1.807) is 24.8 Å². The normalized spacial score (nSPS) is 18.0. The molecule has 3 rings (SSSR count). The van der Waals surface area contributed by atoms with Crippen LogP contribution in [0, 0.1) is 22.6 Å². The summed E-state index contributed by atoms with van der Waals surface area (Å²) in [7, 11) is 0. The van der Waals surface area contributed by atoms with E-state index >= 15 is 0 Å². The van der Waals surface area contributed by atoms with Crippen LogP contribution in [-0.4, -0.2) is 84.0 Å². The smallest absolute Gasteiger partial charge is 0.303 e. The number of amidine groups is 1. The van der Waals surface area contributed by atoms with Gasteiger partial charge in [-0.1, -0.05) is 13.0 Å². The lowest BCUT2D eigenvalue weighted by molar-refractivity contribution is -0.143. The van der Waals surface area contributed by atoms with Gasteiger partial charge < -0.3 is 25.0 Å². The van der Waals surface area contributed by atoms with Crippen LogP contribution < -0.4 is 5.32 Å². The van der Waals surface area contributed by atoms with E-state index in [1.807, 2.05) is 11.8 Å². The summed E-state index contributed by atoms with van der Waals surface area (Å²) in [4.78, 5) is 40.9. The Morgan fingerprint density at radius 1 is 1.17 bits per heavy atom. The molecule has 2 fully saturated rings. The van der Waals surface area contributed by atoms with Gasteiger partial charge in [0.05, 0.1) is 24.2 Å². The van der Waals surface area contributed by atoms with Crippen molar-refractivity contribution in [3.05, 3.63) is 35.1 Å². The summed E-state index contributed by atoms with van der Waals surface area (Å²) in [5.41, 5.74) is -0.677. The first-order valence-electron chi connectivity index (χ1n) is 12.6. The summed E-state index contributed by atoms with van der Waals surface area (Å²) in [5, 5.41) is 20.2. The Morgan fingerprint density at radius 3 is 2.36 bits per heavy atom. The minimum atomic E-state index is -0.932. The van der Waals surface area contributed by atoms with Crippen LogP contribution in [0.15, 0.2) is 18.2 Å². The van der Waals surface area contributed by atoms with E-state index in [0.717, 1.165) is 0 Å². The molecule has 2 amide bonds. The number of amides is 2. The molecule has 0 radical (unpaired) electrons. The molecule has 2 aliphatic heterocycles. The lowest BCUT2D eigenvalue weighted by Crippen LogP contribution is -2.54. The predicted molar refractivity (Wildman–Crippen MR) is 133 cm³/mol. The maximum atomic E-state index is 14.9. The SMILES string of the molecule is CC[C@@H](NC(=O)c1ccc(C(=N)N2CCOCC2)cc1F)C(C)(C)C(=O)N1CCC(CC(=O)O)CC1. The average Bonchev–Trinajstić information content (AvgIpc) is 2.86. The molecule has 0 aromatic heterocycles. The molecule has 0 bridgehead atoms. The summed E-state index contributed by atoms with van der Waals surface area (Å²) >= 11 is 0. The van der Waals surface area contributed by atoms with Gasteiger partial charge in [0.1, 0.15) is 11.7 Å². The maximum absolute atomic E-state index is 14.9. The Hall–Kier alpha value is -3.01. The van der Waals surface area contributed by atoms with Crippen molar-refractivity contribution in [2.45, 2.75) is 52.5 Å². The number of carboxylic acids is 1. The molecule has 0 aliphatic carbocycles. The lowest BCUT2D eigenvalue weighted by atomic mass is 9.80. The van der Waals surface area contributed by atoms with Gasteiger partial charge in [-0.25, -0.2) is 4.39 Å². The molecule has 1 atom stereocenters. The third-order valence-corrected chi connectivity index (χ3v) is 7.32. The van der Waals surface area contributed by atoms with Crippen molar-refractivity contribution in [2.75, 3.05) is 39.4 Å². The number of ether oxygens (including phenoxy) is 1. The van der Waals surface area contributed by atoms with E-state index in [2.05, 4.69) is 5.32 Å². The van der Waals surface area contributed by atoms with Crippen molar-refractivity contribution < 1.29 is 28.6 Å². The minimum Gasteiger partial charge on any atom is -0.481 e. The molecule has 3 N–H and O–H groups in total. The van der Waals surface area contributed by atoms with Crippen LogP contribution in [-0.2, 0) is 14.3 Å². The first-order chi connectivity index (χ1) is 17.0. The van der Waals surface area contributed by atoms with Gasteiger partial charge >= 0.3 is 5.97 Å². The molecule has 2 saturated heterocycles. The molecule has 1 aromatic rings. The lowest BCUT2D eigenvalue weighted by Gasteiger charge is -2.40. The second kappa shape index (κ2) is 11.8. The largest absolute Gasteiger partial charge is 0.481 e. The van der Waals surface area contributed by atoms with Gasteiger partial charge in [0.15, 0.2) is 0 Å². The number of aliphatic carboxylic acids is 1. The van der Waals surface area contributed by atoms with E-state index < -0.39 is 29.2 Å². The van der Waals surface area contributed by atoms with E-state index in [-0.39, 0.29) is 29.6 Å².